The lowest BCUT2D eigenvalue weighted by molar-refractivity contribution is 0.374. The molecule has 0 aliphatic heterocycles. The Morgan fingerprint density at radius 3 is 2.35 bits per heavy atom. The summed E-state index contributed by atoms with van der Waals surface area (Å²) >= 11 is 0. The second kappa shape index (κ2) is 7.48. The van der Waals surface area contributed by atoms with E-state index < -0.39 is 15.9 Å². The summed E-state index contributed by atoms with van der Waals surface area (Å²) < 4.78 is 24.4. The lowest BCUT2D eigenvalue weighted by Gasteiger charge is -2.00. The van der Waals surface area contributed by atoms with Gasteiger partial charge in [-0.05, 0) is 12.1 Å². The first-order chi connectivity index (χ1) is 7.74. The van der Waals surface area contributed by atoms with Crippen LogP contribution in [0.4, 0.5) is 5.69 Å². The molecule has 9 heteroatoms. The van der Waals surface area contributed by atoms with Crippen LogP contribution in [0.15, 0.2) is 24.3 Å². The normalized spacial score (nSPS) is 12.2. The van der Waals surface area contributed by atoms with E-state index >= 15 is 0 Å². The smallest absolute Gasteiger partial charge is 0.365 e. The van der Waals surface area contributed by atoms with Crippen LogP contribution in [0, 0.1) is 0 Å². The van der Waals surface area contributed by atoms with Crippen molar-refractivity contribution in [3.8, 4) is 5.75 Å². The Hall–Kier alpha value is -0.840. The topological polar surface area (TPSA) is 130 Å². The number of hydrogen-bond donors (Lipinski definition) is 4. The number of anilines is 1. The van der Waals surface area contributed by atoms with Crippen LogP contribution in [0.1, 0.15) is 6.92 Å². The molecule has 98 valence electrons. The Bertz CT molecular complexity index is 418. The van der Waals surface area contributed by atoms with Crippen LogP contribution in [0.2, 0.25) is 0 Å². The van der Waals surface area contributed by atoms with Gasteiger partial charge in [-0.1, -0.05) is 13.0 Å². The highest BCUT2D eigenvalue weighted by atomic mass is 31.2. The Morgan fingerprint density at radius 1 is 1.47 bits per heavy atom. The van der Waals surface area contributed by atoms with E-state index in [1.54, 1.807) is 18.2 Å². The first-order valence-corrected chi connectivity index (χ1v) is 7.61. The van der Waals surface area contributed by atoms with Gasteiger partial charge in [-0.25, -0.2) is 4.57 Å². The summed E-state index contributed by atoms with van der Waals surface area (Å²) in [6.45, 7) is 1.45. The molecule has 0 bridgehead atoms. The Kier molecular flexibility index (Phi) is 7.11. The molecule has 7 nitrogen and oxygen atoms in total. The van der Waals surface area contributed by atoms with E-state index in [2.05, 4.69) is 4.52 Å². The van der Waals surface area contributed by atoms with Crippen LogP contribution >= 0.6 is 15.9 Å². The maximum absolute atomic E-state index is 10.2. The minimum atomic E-state index is -3.65. The molecule has 0 saturated heterocycles. The fourth-order valence-corrected chi connectivity index (χ4v) is 1.01. The third kappa shape index (κ3) is 10.1. The zero-order valence-corrected chi connectivity index (χ0v) is 11.0. The summed E-state index contributed by atoms with van der Waals surface area (Å²) in [5.74, 6) is 0.316. The predicted octanol–water partition coefficient (Wildman–Crippen LogP) is 1.21. The van der Waals surface area contributed by atoms with Crippen LogP contribution in [0.3, 0.4) is 0 Å². The molecule has 1 atom stereocenters. The van der Waals surface area contributed by atoms with Gasteiger partial charge in [0.05, 0.1) is 0 Å². The third-order valence-electron chi connectivity index (χ3n) is 1.48. The van der Waals surface area contributed by atoms with Gasteiger partial charge in [0.25, 0.3) is 0 Å². The lowest BCUT2D eigenvalue weighted by Crippen LogP contribution is -1.85. The van der Waals surface area contributed by atoms with Gasteiger partial charge in [0, 0.05) is 17.9 Å². The Balaban J connectivity index is 0.000000366. The molecule has 0 radical (unpaired) electrons. The van der Waals surface area contributed by atoms with Gasteiger partial charge in [0.2, 0.25) is 0 Å². The van der Waals surface area contributed by atoms with E-state index in [1.165, 1.54) is 13.0 Å². The van der Waals surface area contributed by atoms with Crippen molar-refractivity contribution in [2.75, 3.05) is 11.9 Å². The first-order valence-electron chi connectivity index (χ1n) is 4.55. The molecule has 1 aromatic rings. The van der Waals surface area contributed by atoms with Crippen molar-refractivity contribution in [1.29, 1.82) is 0 Å². The highest BCUT2D eigenvalue weighted by Gasteiger charge is 2.05. The number of nitrogens with two attached hydrogens (primary N) is 1. The summed E-state index contributed by atoms with van der Waals surface area (Å²) in [6.07, 6.45) is -0.0625. The van der Waals surface area contributed by atoms with Gasteiger partial charge in [-0.3, -0.25) is 4.57 Å². The quantitative estimate of drug-likeness (QED) is 0.484. The van der Waals surface area contributed by atoms with Gasteiger partial charge in [0.15, 0.2) is 0 Å². The Morgan fingerprint density at radius 2 is 2.00 bits per heavy atom. The van der Waals surface area contributed by atoms with Crippen LogP contribution in [-0.2, 0) is 9.13 Å². The molecular weight excluding hydrogens is 268 g/mol. The summed E-state index contributed by atoms with van der Waals surface area (Å²) in [4.78, 5) is 24.3. The van der Waals surface area contributed by atoms with Crippen molar-refractivity contribution in [1.82, 2.24) is 0 Å². The third-order valence-corrected chi connectivity index (χ3v) is 2.71. The molecule has 0 aliphatic carbocycles. The standard InChI is InChI=1S/C6H8NO3P.C2H7O3P/c7-5-2-1-3-6(4-5)10-11(8)9;1-2-6(3,4)5/h1-4,11H,7H2,(H,8,9);2H2,1H3,(H2,3,4,5). The number of nitrogen functional groups attached to an aromatic ring is 1. The van der Waals surface area contributed by atoms with E-state index in [9.17, 15) is 9.13 Å². The van der Waals surface area contributed by atoms with Gasteiger partial charge < -0.3 is 24.9 Å². The van der Waals surface area contributed by atoms with Crippen molar-refractivity contribution >= 4 is 21.5 Å². The molecule has 0 heterocycles. The molecule has 1 rings (SSSR count). The zero-order valence-electron chi connectivity index (χ0n) is 9.11. The minimum absolute atomic E-state index is 0.0625. The average Bonchev–Trinajstić information content (AvgIpc) is 2.16. The van der Waals surface area contributed by atoms with Gasteiger partial charge >= 0.3 is 15.9 Å². The van der Waals surface area contributed by atoms with E-state index in [0.717, 1.165) is 0 Å². The first kappa shape index (κ1) is 16.2. The molecule has 0 aliphatic rings. The fraction of sp³-hybridized carbons (Fsp3) is 0.250. The number of benzene rings is 1. The molecule has 5 N–H and O–H groups in total. The predicted molar refractivity (Wildman–Crippen MR) is 65.3 cm³/mol. The molecule has 0 amide bonds. The second-order valence-corrected chi connectivity index (χ2v) is 5.62. The molecule has 0 fully saturated rings. The minimum Gasteiger partial charge on any atom is -0.426 e. The van der Waals surface area contributed by atoms with E-state index in [0.29, 0.717) is 11.4 Å². The zero-order chi connectivity index (χ0) is 13.5. The average molecular weight is 283 g/mol. The molecule has 1 aromatic carbocycles. The highest BCUT2D eigenvalue weighted by molar-refractivity contribution is 7.51. The van der Waals surface area contributed by atoms with Crippen molar-refractivity contribution in [2.24, 2.45) is 0 Å². The SMILES string of the molecule is CCP(=O)(O)O.Nc1cccc(O[PH](=O)O)c1. The van der Waals surface area contributed by atoms with Crippen LogP contribution in [0.5, 0.6) is 5.75 Å². The number of rotatable bonds is 3. The molecular formula is C8H15NO6P2. The van der Waals surface area contributed by atoms with Crippen LogP contribution in [-0.4, -0.2) is 20.8 Å². The van der Waals surface area contributed by atoms with Crippen molar-refractivity contribution in [2.45, 2.75) is 6.92 Å². The summed E-state index contributed by atoms with van der Waals surface area (Å²) in [5, 5.41) is 0. The largest absolute Gasteiger partial charge is 0.426 e. The van der Waals surface area contributed by atoms with Gasteiger partial charge in [-0.15, -0.1) is 0 Å². The van der Waals surface area contributed by atoms with Gasteiger partial charge in [0.1, 0.15) is 5.75 Å². The second-order valence-electron chi connectivity index (χ2n) is 2.92. The van der Waals surface area contributed by atoms with Crippen molar-refractivity contribution in [3.05, 3.63) is 24.3 Å². The summed E-state index contributed by atoms with van der Waals surface area (Å²) in [6, 6.07) is 6.37. The maximum Gasteiger partial charge on any atom is 0.365 e. The highest BCUT2D eigenvalue weighted by Crippen LogP contribution is 2.32. The van der Waals surface area contributed by atoms with Crippen molar-refractivity contribution < 1.29 is 28.3 Å². The maximum atomic E-state index is 10.2. The van der Waals surface area contributed by atoms with Crippen LogP contribution < -0.4 is 10.3 Å². The fourth-order valence-electron chi connectivity index (χ4n) is 0.679. The summed E-state index contributed by atoms with van der Waals surface area (Å²) in [5.41, 5.74) is 5.89. The molecule has 0 saturated carbocycles. The Labute approximate surface area is 99.3 Å². The van der Waals surface area contributed by atoms with Crippen LogP contribution in [0.25, 0.3) is 0 Å². The lowest BCUT2D eigenvalue weighted by atomic mass is 10.3. The van der Waals surface area contributed by atoms with Gasteiger partial charge in [-0.2, -0.15) is 0 Å². The molecule has 0 spiro atoms. The molecule has 1 unspecified atom stereocenters. The van der Waals surface area contributed by atoms with Crippen molar-refractivity contribution in [3.63, 3.8) is 0 Å². The molecule has 17 heavy (non-hydrogen) atoms. The monoisotopic (exact) mass is 283 g/mol. The summed E-state index contributed by atoms with van der Waals surface area (Å²) in [7, 11) is -6.56. The molecule has 0 aromatic heterocycles. The van der Waals surface area contributed by atoms with E-state index in [-0.39, 0.29) is 6.16 Å². The van der Waals surface area contributed by atoms with E-state index in [1.807, 2.05) is 0 Å². The number of hydrogen-bond acceptors (Lipinski definition) is 4. The van der Waals surface area contributed by atoms with E-state index in [4.69, 9.17) is 20.4 Å².